The van der Waals surface area contributed by atoms with Gasteiger partial charge in [-0.2, -0.15) is 0 Å². The van der Waals surface area contributed by atoms with E-state index in [1.54, 1.807) is 0 Å². The highest BCUT2D eigenvalue weighted by atomic mass is 32.1. The van der Waals surface area contributed by atoms with Crippen LogP contribution in [0.3, 0.4) is 0 Å². The van der Waals surface area contributed by atoms with Gasteiger partial charge in [-0.1, -0.05) is 43.2 Å². The zero-order chi connectivity index (χ0) is 16.3. The first-order chi connectivity index (χ1) is 11.1. The molecule has 0 saturated heterocycles. The largest absolute Gasteiger partial charge is 0.350 e. The van der Waals surface area contributed by atoms with Crippen molar-refractivity contribution in [2.75, 3.05) is 6.54 Å². The van der Waals surface area contributed by atoms with E-state index in [4.69, 9.17) is 5.73 Å². The van der Waals surface area contributed by atoms with E-state index in [0.29, 0.717) is 18.8 Å². The number of nitrogens with two attached hydrogens (primary N) is 1. The Labute approximate surface area is 141 Å². The van der Waals surface area contributed by atoms with E-state index in [1.165, 1.54) is 29.7 Å². The summed E-state index contributed by atoms with van der Waals surface area (Å²) in [4.78, 5) is 17.8. The minimum atomic E-state index is -0.0827. The summed E-state index contributed by atoms with van der Waals surface area (Å²) < 4.78 is 0. The van der Waals surface area contributed by atoms with Crippen LogP contribution in [-0.4, -0.2) is 17.4 Å². The molecule has 1 saturated carbocycles. The van der Waals surface area contributed by atoms with Crippen LogP contribution in [0.1, 0.15) is 51.6 Å². The molecule has 0 atom stereocenters. The van der Waals surface area contributed by atoms with Crippen molar-refractivity contribution < 1.29 is 4.79 Å². The van der Waals surface area contributed by atoms with E-state index >= 15 is 0 Å². The maximum Gasteiger partial charge on any atom is 0.271 e. The van der Waals surface area contributed by atoms with Crippen LogP contribution in [-0.2, 0) is 12.0 Å². The Hall–Kier alpha value is -1.72. The van der Waals surface area contributed by atoms with E-state index in [-0.39, 0.29) is 11.3 Å². The van der Waals surface area contributed by atoms with Gasteiger partial charge in [0.15, 0.2) is 0 Å². The average Bonchev–Trinajstić information content (AvgIpc) is 3.21. The van der Waals surface area contributed by atoms with E-state index in [1.807, 2.05) is 13.0 Å². The van der Waals surface area contributed by atoms with Gasteiger partial charge in [0.25, 0.3) is 5.91 Å². The number of thiazole rings is 1. The van der Waals surface area contributed by atoms with Gasteiger partial charge in [-0.15, -0.1) is 11.3 Å². The number of aryl methyl sites for hydroxylation is 1. The number of carbonyl (C=O) groups excluding carboxylic acids is 1. The van der Waals surface area contributed by atoms with Crippen LogP contribution < -0.4 is 11.1 Å². The Morgan fingerprint density at radius 1 is 1.30 bits per heavy atom. The molecule has 0 aliphatic heterocycles. The van der Waals surface area contributed by atoms with Crippen LogP contribution in [0, 0.1) is 6.92 Å². The third-order valence-corrected chi connectivity index (χ3v) is 5.76. The van der Waals surface area contributed by atoms with Gasteiger partial charge in [0.05, 0.1) is 0 Å². The summed E-state index contributed by atoms with van der Waals surface area (Å²) in [6, 6.07) is 10.6. The lowest BCUT2D eigenvalue weighted by molar-refractivity contribution is 0.0938. The zero-order valence-corrected chi connectivity index (χ0v) is 14.3. The number of nitrogens with zero attached hydrogens (tertiary/aromatic N) is 1. The summed E-state index contributed by atoms with van der Waals surface area (Å²) in [7, 11) is 0. The molecule has 1 aromatic carbocycles. The highest BCUT2D eigenvalue weighted by Crippen LogP contribution is 2.40. The molecule has 0 unspecified atom stereocenters. The van der Waals surface area contributed by atoms with Crippen molar-refractivity contribution in [3.05, 3.63) is 51.5 Å². The SMILES string of the molecule is Cc1sc(CN)nc1C(=O)NCC1(c2ccccc2)CCCC1. The molecule has 1 fully saturated rings. The number of benzene rings is 1. The Morgan fingerprint density at radius 3 is 2.61 bits per heavy atom. The fraction of sp³-hybridized carbons (Fsp3) is 0.444. The molecule has 1 amide bonds. The fourth-order valence-electron chi connectivity index (χ4n) is 3.49. The normalized spacial score (nSPS) is 16.4. The van der Waals surface area contributed by atoms with Crippen molar-refractivity contribution >= 4 is 17.2 Å². The van der Waals surface area contributed by atoms with Crippen LogP contribution in [0.15, 0.2) is 30.3 Å². The van der Waals surface area contributed by atoms with E-state index < -0.39 is 0 Å². The topological polar surface area (TPSA) is 68.0 Å². The first kappa shape index (κ1) is 16.1. The summed E-state index contributed by atoms with van der Waals surface area (Å²) in [6.07, 6.45) is 4.69. The molecular weight excluding hydrogens is 306 g/mol. The Bertz CT molecular complexity index is 675. The number of hydrogen-bond acceptors (Lipinski definition) is 4. The average molecular weight is 329 g/mol. The lowest BCUT2D eigenvalue weighted by Crippen LogP contribution is -2.39. The highest BCUT2D eigenvalue weighted by molar-refractivity contribution is 7.11. The minimum absolute atomic E-state index is 0.0670. The quantitative estimate of drug-likeness (QED) is 0.885. The van der Waals surface area contributed by atoms with Crippen molar-refractivity contribution in [3.63, 3.8) is 0 Å². The molecule has 122 valence electrons. The molecule has 4 nitrogen and oxygen atoms in total. The maximum absolute atomic E-state index is 12.5. The van der Waals surface area contributed by atoms with Crippen molar-refractivity contribution in [2.24, 2.45) is 5.73 Å². The first-order valence-electron chi connectivity index (χ1n) is 8.15. The molecule has 1 aromatic heterocycles. The van der Waals surface area contributed by atoms with Crippen LogP contribution in [0.4, 0.5) is 0 Å². The Kier molecular flexibility index (Phi) is 4.78. The molecule has 0 spiro atoms. The van der Waals surface area contributed by atoms with Gasteiger partial charge in [-0.05, 0) is 25.3 Å². The molecule has 0 radical (unpaired) electrons. The predicted octanol–water partition coefficient (Wildman–Crippen LogP) is 3.15. The van der Waals surface area contributed by atoms with Crippen molar-refractivity contribution in [1.82, 2.24) is 10.3 Å². The Balaban J connectivity index is 1.75. The summed E-state index contributed by atoms with van der Waals surface area (Å²) in [5.74, 6) is -0.0827. The standard InChI is InChI=1S/C18H23N3OS/c1-13-16(21-15(11-19)23-13)17(22)20-12-18(9-5-6-10-18)14-7-3-2-4-8-14/h2-4,7-8H,5-6,9-12,19H2,1H3,(H,20,22). The van der Waals surface area contributed by atoms with Crippen LogP contribution >= 0.6 is 11.3 Å². The first-order valence-corrected chi connectivity index (χ1v) is 8.96. The van der Waals surface area contributed by atoms with Gasteiger partial charge in [-0.25, -0.2) is 4.98 Å². The summed E-state index contributed by atoms with van der Waals surface area (Å²) in [5, 5.41) is 3.93. The molecule has 2 aromatic rings. The number of hydrogen-bond donors (Lipinski definition) is 2. The van der Waals surface area contributed by atoms with Crippen molar-refractivity contribution in [1.29, 1.82) is 0 Å². The van der Waals surface area contributed by atoms with Crippen molar-refractivity contribution in [2.45, 2.75) is 44.6 Å². The number of carbonyl (C=O) groups is 1. The monoisotopic (exact) mass is 329 g/mol. The molecule has 1 heterocycles. The molecule has 1 aliphatic rings. The molecular formula is C18H23N3OS. The van der Waals surface area contributed by atoms with Crippen LogP contribution in [0.25, 0.3) is 0 Å². The van der Waals surface area contributed by atoms with Crippen molar-refractivity contribution in [3.8, 4) is 0 Å². The van der Waals surface area contributed by atoms with Crippen LogP contribution in [0.2, 0.25) is 0 Å². The molecule has 1 aliphatic carbocycles. The fourth-order valence-corrected chi connectivity index (χ4v) is 4.30. The number of amides is 1. The number of rotatable bonds is 5. The number of aromatic nitrogens is 1. The summed E-state index contributed by atoms with van der Waals surface area (Å²) in [5.41, 5.74) is 7.54. The number of nitrogens with one attached hydrogen (secondary N) is 1. The molecule has 23 heavy (non-hydrogen) atoms. The van der Waals surface area contributed by atoms with Gasteiger partial charge in [-0.3, -0.25) is 4.79 Å². The predicted molar refractivity (Wildman–Crippen MR) is 93.7 cm³/mol. The Morgan fingerprint density at radius 2 is 2.00 bits per heavy atom. The lowest BCUT2D eigenvalue weighted by atomic mass is 9.79. The molecule has 3 N–H and O–H groups in total. The van der Waals surface area contributed by atoms with E-state index in [2.05, 4.69) is 34.6 Å². The van der Waals surface area contributed by atoms with Gasteiger partial charge in [0, 0.05) is 23.4 Å². The summed E-state index contributed by atoms with van der Waals surface area (Å²) in [6.45, 7) is 2.98. The van der Waals surface area contributed by atoms with E-state index in [9.17, 15) is 4.79 Å². The van der Waals surface area contributed by atoms with Gasteiger partial charge < -0.3 is 11.1 Å². The second-order valence-electron chi connectivity index (χ2n) is 6.25. The highest BCUT2D eigenvalue weighted by Gasteiger charge is 2.36. The smallest absolute Gasteiger partial charge is 0.271 e. The molecule has 3 rings (SSSR count). The second-order valence-corrected chi connectivity index (χ2v) is 7.54. The lowest BCUT2D eigenvalue weighted by Gasteiger charge is -2.30. The third kappa shape index (κ3) is 3.31. The summed E-state index contributed by atoms with van der Waals surface area (Å²) >= 11 is 1.50. The zero-order valence-electron chi connectivity index (χ0n) is 13.5. The van der Waals surface area contributed by atoms with Gasteiger partial charge in [0.2, 0.25) is 0 Å². The molecule has 5 heteroatoms. The van der Waals surface area contributed by atoms with E-state index in [0.717, 1.165) is 22.7 Å². The second kappa shape index (κ2) is 6.81. The molecule has 0 bridgehead atoms. The van der Waals surface area contributed by atoms with Gasteiger partial charge in [0.1, 0.15) is 10.7 Å². The maximum atomic E-state index is 12.5. The third-order valence-electron chi connectivity index (χ3n) is 4.76. The van der Waals surface area contributed by atoms with Gasteiger partial charge >= 0.3 is 0 Å². The van der Waals surface area contributed by atoms with Crippen LogP contribution in [0.5, 0.6) is 0 Å². The minimum Gasteiger partial charge on any atom is -0.350 e.